The van der Waals surface area contributed by atoms with Gasteiger partial charge in [-0.25, -0.2) is 0 Å². The van der Waals surface area contributed by atoms with E-state index in [0.29, 0.717) is 11.5 Å². The summed E-state index contributed by atoms with van der Waals surface area (Å²) in [4.78, 5) is 0. The maximum atomic E-state index is 14.6. The summed E-state index contributed by atoms with van der Waals surface area (Å²) in [7, 11) is 0. The van der Waals surface area contributed by atoms with Crippen LogP contribution in [0.25, 0.3) is 0 Å². The number of aliphatic hydroxyl groups is 1. The Hall–Kier alpha value is -1.92. The van der Waals surface area contributed by atoms with Gasteiger partial charge in [-0.2, -0.15) is 8.78 Å². The van der Waals surface area contributed by atoms with Gasteiger partial charge in [0.1, 0.15) is 24.2 Å². The standard InChI is InChI=1S/C19H20ClF3O3/c20-12-16(24)13-26-18-8-4-15(5-9-18)19(22,23)14-2-6-17(7-3-14)25-11-1-10-21/h2-9,16,24H,1,10-13H2. The van der Waals surface area contributed by atoms with E-state index in [4.69, 9.17) is 21.1 Å². The van der Waals surface area contributed by atoms with E-state index in [1.807, 2.05) is 0 Å². The SMILES string of the molecule is OC(CCl)COc1ccc(C(F)(F)c2ccc(OCCCF)cc2)cc1. The van der Waals surface area contributed by atoms with E-state index >= 15 is 0 Å². The lowest BCUT2D eigenvalue weighted by molar-refractivity contribution is 0.0427. The Morgan fingerprint density at radius 1 is 0.923 bits per heavy atom. The van der Waals surface area contributed by atoms with Gasteiger partial charge in [0, 0.05) is 17.5 Å². The molecule has 0 amide bonds. The van der Waals surface area contributed by atoms with Crippen LogP contribution in [-0.4, -0.2) is 37.0 Å². The van der Waals surface area contributed by atoms with Crippen LogP contribution in [0.4, 0.5) is 13.2 Å². The topological polar surface area (TPSA) is 38.7 Å². The third-order valence-corrected chi connectivity index (χ3v) is 3.96. The minimum Gasteiger partial charge on any atom is -0.494 e. The molecule has 1 atom stereocenters. The van der Waals surface area contributed by atoms with Crippen molar-refractivity contribution in [3.8, 4) is 11.5 Å². The monoisotopic (exact) mass is 388 g/mol. The van der Waals surface area contributed by atoms with Crippen LogP contribution in [-0.2, 0) is 5.92 Å². The lowest BCUT2D eigenvalue weighted by Gasteiger charge is -2.18. The van der Waals surface area contributed by atoms with Crippen molar-refractivity contribution in [2.24, 2.45) is 0 Å². The molecule has 0 aromatic heterocycles. The van der Waals surface area contributed by atoms with E-state index in [1.54, 1.807) is 0 Å². The van der Waals surface area contributed by atoms with Gasteiger partial charge in [-0.3, -0.25) is 4.39 Å². The second kappa shape index (κ2) is 9.69. The van der Waals surface area contributed by atoms with Gasteiger partial charge in [0.2, 0.25) is 0 Å². The molecule has 2 aromatic rings. The highest BCUT2D eigenvalue weighted by atomic mass is 35.5. The van der Waals surface area contributed by atoms with Crippen LogP contribution < -0.4 is 9.47 Å². The highest BCUT2D eigenvalue weighted by Gasteiger charge is 2.33. The first-order chi connectivity index (χ1) is 12.5. The molecule has 7 heteroatoms. The number of benzene rings is 2. The van der Waals surface area contributed by atoms with Crippen molar-refractivity contribution >= 4 is 11.6 Å². The summed E-state index contributed by atoms with van der Waals surface area (Å²) >= 11 is 5.46. The number of hydrogen-bond acceptors (Lipinski definition) is 3. The Labute approximate surface area is 155 Å². The molecule has 0 bridgehead atoms. The normalized spacial score (nSPS) is 12.7. The first kappa shape index (κ1) is 20.4. The van der Waals surface area contributed by atoms with Crippen molar-refractivity contribution < 1.29 is 27.8 Å². The molecule has 1 N–H and O–H groups in total. The van der Waals surface area contributed by atoms with Crippen LogP contribution in [0.3, 0.4) is 0 Å². The summed E-state index contributed by atoms with van der Waals surface area (Å²) in [6, 6.07) is 10.8. The summed E-state index contributed by atoms with van der Waals surface area (Å²) in [6.45, 7) is -0.296. The molecule has 3 nitrogen and oxygen atoms in total. The molecule has 0 aliphatic carbocycles. The van der Waals surface area contributed by atoms with E-state index in [1.165, 1.54) is 48.5 Å². The van der Waals surface area contributed by atoms with Crippen molar-refractivity contribution in [3.63, 3.8) is 0 Å². The fourth-order valence-electron chi connectivity index (χ4n) is 2.17. The summed E-state index contributed by atoms with van der Waals surface area (Å²) < 4.78 is 51.8. The Morgan fingerprint density at radius 3 is 1.88 bits per heavy atom. The number of aliphatic hydroxyl groups excluding tert-OH is 1. The van der Waals surface area contributed by atoms with Gasteiger partial charge >= 0.3 is 0 Å². The molecular weight excluding hydrogens is 369 g/mol. The predicted octanol–water partition coefficient (Wildman–Crippen LogP) is 4.54. The Balaban J connectivity index is 2.04. The lowest BCUT2D eigenvalue weighted by atomic mass is 10.0. The first-order valence-electron chi connectivity index (χ1n) is 8.12. The number of ether oxygens (including phenoxy) is 2. The molecule has 1 unspecified atom stereocenters. The third kappa shape index (κ3) is 5.54. The summed E-state index contributed by atoms with van der Waals surface area (Å²) in [5.41, 5.74) is -0.365. The largest absolute Gasteiger partial charge is 0.494 e. The van der Waals surface area contributed by atoms with Crippen molar-refractivity contribution in [2.75, 3.05) is 25.8 Å². The summed E-state index contributed by atoms with van der Waals surface area (Å²) in [5.74, 6) is -2.38. The first-order valence-corrected chi connectivity index (χ1v) is 8.65. The number of halogens is 4. The van der Waals surface area contributed by atoms with Crippen LogP contribution >= 0.6 is 11.6 Å². The van der Waals surface area contributed by atoms with Gasteiger partial charge in [-0.15, -0.1) is 11.6 Å². The number of rotatable bonds is 10. The maximum Gasteiger partial charge on any atom is 0.298 e. The van der Waals surface area contributed by atoms with Gasteiger partial charge in [0.25, 0.3) is 5.92 Å². The Morgan fingerprint density at radius 2 is 1.42 bits per heavy atom. The molecule has 0 aliphatic heterocycles. The minimum absolute atomic E-state index is 0.0108. The molecule has 2 aromatic carbocycles. The van der Waals surface area contributed by atoms with Crippen LogP contribution in [0, 0.1) is 0 Å². The maximum absolute atomic E-state index is 14.6. The minimum atomic E-state index is -3.19. The average Bonchev–Trinajstić information content (AvgIpc) is 2.67. The molecule has 0 saturated carbocycles. The zero-order valence-electron chi connectivity index (χ0n) is 14.0. The molecule has 0 saturated heterocycles. The van der Waals surface area contributed by atoms with Crippen molar-refractivity contribution in [2.45, 2.75) is 18.4 Å². The second-order valence-corrected chi connectivity index (χ2v) is 5.94. The molecule has 0 spiro atoms. The molecule has 2 rings (SSSR count). The fourth-order valence-corrected chi connectivity index (χ4v) is 2.26. The molecule has 0 fully saturated rings. The van der Waals surface area contributed by atoms with Crippen LogP contribution in [0.2, 0.25) is 0 Å². The quantitative estimate of drug-likeness (QED) is 0.479. The molecule has 0 radical (unpaired) electrons. The van der Waals surface area contributed by atoms with Gasteiger partial charge in [-0.05, 0) is 48.5 Å². The Bertz CT molecular complexity index is 663. The molecule has 0 heterocycles. The summed E-state index contributed by atoms with van der Waals surface area (Å²) in [5, 5.41) is 9.34. The molecule has 0 aliphatic rings. The van der Waals surface area contributed by atoms with Gasteiger partial charge < -0.3 is 14.6 Å². The van der Waals surface area contributed by atoms with Gasteiger partial charge in [0.15, 0.2) is 0 Å². The van der Waals surface area contributed by atoms with E-state index in [-0.39, 0.29) is 36.6 Å². The van der Waals surface area contributed by atoms with Gasteiger partial charge in [0.05, 0.1) is 19.2 Å². The smallest absolute Gasteiger partial charge is 0.298 e. The van der Waals surface area contributed by atoms with E-state index < -0.39 is 18.7 Å². The highest BCUT2D eigenvalue weighted by molar-refractivity contribution is 6.18. The number of hydrogen-bond donors (Lipinski definition) is 1. The number of alkyl halides is 4. The fraction of sp³-hybridized carbons (Fsp3) is 0.368. The summed E-state index contributed by atoms with van der Waals surface area (Å²) in [6.07, 6.45) is -0.558. The zero-order chi connectivity index (χ0) is 19.0. The molecular formula is C19H20ClF3O3. The van der Waals surface area contributed by atoms with Crippen LogP contribution in [0.5, 0.6) is 11.5 Å². The Kier molecular flexibility index (Phi) is 7.60. The van der Waals surface area contributed by atoms with Crippen LogP contribution in [0.15, 0.2) is 48.5 Å². The van der Waals surface area contributed by atoms with Crippen LogP contribution in [0.1, 0.15) is 17.5 Å². The second-order valence-electron chi connectivity index (χ2n) is 5.63. The zero-order valence-corrected chi connectivity index (χ0v) is 14.8. The third-order valence-electron chi connectivity index (χ3n) is 3.60. The van der Waals surface area contributed by atoms with Crippen molar-refractivity contribution in [3.05, 3.63) is 59.7 Å². The highest BCUT2D eigenvalue weighted by Crippen LogP contribution is 2.37. The lowest BCUT2D eigenvalue weighted by Crippen LogP contribution is -2.19. The molecule has 142 valence electrons. The average molecular weight is 389 g/mol. The molecule has 26 heavy (non-hydrogen) atoms. The van der Waals surface area contributed by atoms with E-state index in [9.17, 15) is 18.3 Å². The van der Waals surface area contributed by atoms with Crippen molar-refractivity contribution in [1.29, 1.82) is 0 Å². The van der Waals surface area contributed by atoms with E-state index in [2.05, 4.69) is 0 Å². The van der Waals surface area contributed by atoms with E-state index in [0.717, 1.165) is 0 Å². The van der Waals surface area contributed by atoms with Gasteiger partial charge in [-0.1, -0.05) is 0 Å². The predicted molar refractivity (Wildman–Crippen MR) is 94.2 cm³/mol. The van der Waals surface area contributed by atoms with Crippen molar-refractivity contribution in [1.82, 2.24) is 0 Å².